The first-order valence-corrected chi connectivity index (χ1v) is 7.14. The molecular weight excluding hydrogens is 244 g/mol. The zero-order valence-electron chi connectivity index (χ0n) is 12.0. The molecule has 1 rings (SSSR count). The van der Waals surface area contributed by atoms with Gasteiger partial charge in [-0.15, -0.1) is 0 Å². The minimum atomic E-state index is 0.272. The molecule has 0 aliphatic rings. The molecule has 0 aliphatic carbocycles. The highest BCUT2D eigenvalue weighted by molar-refractivity contribution is 6.31. The van der Waals surface area contributed by atoms with Crippen molar-refractivity contribution in [3.63, 3.8) is 0 Å². The van der Waals surface area contributed by atoms with Crippen molar-refractivity contribution in [3.8, 4) is 0 Å². The summed E-state index contributed by atoms with van der Waals surface area (Å²) >= 11 is 6.14. The van der Waals surface area contributed by atoms with Crippen LogP contribution in [0.3, 0.4) is 0 Å². The topological polar surface area (TPSA) is 24.9 Å². The number of aryl methyl sites for hydroxylation is 1. The van der Waals surface area contributed by atoms with E-state index in [2.05, 4.69) is 38.0 Å². The minimum absolute atomic E-state index is 0.272. The summed E-state index contributed by atoms with van der Waals surface area (Å²) in [4.78, 5) is 4.02. The van der Waals surface area contributed by atoms with Gasteiger partial charge >= 0.3 is 0 Å². The van der Waals surface area contributed by atoms with E-state index in [1.807, 2.05) is 12.3 Å². The Morgan fingerprint density at radius 1 is 1.39 bits per heavy atom. The molecule has 3 heteroatoms. The summed E-state index contributed by atoms with van der Waals surface area (Å²) in [5.41, 5.74) is 1.47. The third-order valence-corrected chi connectivity index (χ3v) is 3.59. The van der Waals surface area contributed by atoms with Crippen molar-refractivity contribution in [3.05, 3.63) is 29.0 Å². The fraction of sp³-hybridized carbons (Fsp3) is 0.667. The van der Waals surface area contributed by atoms with Crippen LogP contribution in [-0.2, 0) is 6.42 Å². The molecule has 18 heavy (non-hydrogen) atoms. The average molecular weight is 269 g/mol. The lowest BCUT2D eigenvalue weighted by Crippen LogP contribution is -2.41. The summed E-state index contributed by atoms with van der Waals surface area (Å²) < 4.78 is 0. The van der Waals surface area contributed by atoms with Gasteiger partial charge in [0.05, 0.1) is 5.02 Å². The van der Waals surface area contributed by atoms with Crippen LogP contribution in [0.5, 0.6) is 0 Å². The molecule has 1 aromatic heterocycles. The Balaban J connectivity index is 2.59. The van der Waals surface area contributed by atoms with Crippen molar-refractivity contribution >= 4 is 11.6 Å². The molecule has 1 atom stereocenters. The Morgan fingerprint density at radius 3 is 2.67 bits per heavy atom. The fourth-order valence-electron chi connectivity index (χ4n) is 2.07. The van der Waals surface area contributed by atoms with Gasteiger partial charge in [0.1, 0.15) is 0 Å². The number of aromatic nitrogens is 1. The molecule has 0 saturated carbocycles. The normalized spacial score (nSPS) is 13.6. The lowest BCUT2D eigenvalue weighted by Gasteiger charge is -2.32. The summed E-state index contributed by atoms with van der Waals surface area (Å²) in [6, 6.07) is 2.53. The molecule has 1 aromatic rings. The zero-order valence-corrected chi connectivity index (χ0v) is 12.7. The van der Waals surface area contributed by atoms with Gasteiger partial charge in [-0.2, -0.15) is 0 Å². The number of hydrogen-bond acceptors (Lipinski definition) is 2. The molecule has 0 bridgehead atoms. The maximum absolute atomic E-state index is 6.14. The predicted molar refractivity (Wildman–Crippen MR) is 79.1 cm³/mol. The summed E-state index contributed by atoms with van der Waals surface area (Å²) in [6.07, 6.45) is 6.81. The van der Waals surface area contributed by atoms with Crippen LogP contribution in [0.4, 0.5) is 0 Å². The van der Waals surface area contributed by atoms with Crippen LogP contribution in [0.15, 0.2) is 18.5 Å². The van der Waals surface area contributed by atoms with Crippen molar-refractivity contribution in [1.82, 2.24) is 10.3 Å². The summed E-state index contributed by atoms with van der Waals surface area (Å²) in [5, 5.41) is 4.42. The molecule has 1 heterocycles. The summed E-state index contributed by atoms with van der Waals surface area (Å²) in [5.74, 6) is 0. The first kappa shape index (κ1) is 15.5. The Bertz CT molecular complexity index is 358. The van der Waals surface area contributed by atoms with Gasteiger partial charge < -0.3 is 5.32 Å². The molecule has 0 saturated heterocycles. The van der Waals surface area contributed by atoms with Gasteiger partial charge in [-0.25, -0.2) is 0 Å². The number of pyridine rings is 1. The molecule has 0 spiro atoms. The number of rotatable bonds is 6. The van der Waals surface area contributed by atoms with E-state index in [0.717, 1.165) is 24.4 Å². The summed E-state index contributed by atoms with van der Waals surface area (Å²) in [6.45, 7) is 10.1. The Morgan fingerprint density at radius 2 is 2.11 bits per heavy atom. The molecular formula is C15H25ClN2. The Labute approximate surface area is 116 Å². The molecule has 0 aromatic carbocycles. The van der Waals surface area contributed by atoms with Gasteiger partial charge in [0.25, 0.3) is 0 Å². The van der Waals surface area contributed by atoms with Gasteiger partial charge in [0.15, 0.2) is 0 Å². The van der Waals surface area contributed by atoms with Crippen molar-refractivity contribution < 1.29 is 0 Å². The third kappa shape index (κ3) is 4.95. The molecule has 0 aliphatic heterocycles. The van der Waals surface area contributed by atoms with E-state index < -0.39 is 0 Å². The van der Waals surface area contributed by atoms with Crippen LogP contribution in [0.25, 0.3) is 0 Å². The van der Waals surface area contributed by atoms with Gasteiger partial charge in [-0.05, 0) is 42.9 Å². The molecule has 2 nitrogen and oxygen atoms in total. The SMILES string of the molecule is CCCNC(CCc1ccncc1Cl)C(C)(C)C. The smallest absolute Gasteiger partial charge is 0.0621 e. The highest BCUT2D eigenvalue weighted by atomic mass is 35.5. The van der Waals surface area contributed by atoms with E-state index in [1.165, 1.54) is 12.0 Å². The van der Waals surface area contributed by atoms with Crippen LogP contribution in [0.1, 0.15) is 46.1 Å². The maximum Gasteiger partial charge on any atom is 0.0621 e. The highest BCUT2D eigenvalue weighted by Crippen LogP contribution is 2.24. The van der Waals surface area contributed by atoms with E-state index in [0.29, 0.717) is 6.04 Å². The Kier molecular flexibility index (Phi) is 6.10. The van der Waals surface area contributed by atoms with Crippen molar-refractivity contribution in [2.45, 2.75) is 53.0 Å². The van der Waals surface area contributed by atoms with Crippen LogP contribution < -0.4 is 5.32 Å². The minimum Gasteiger partial charge on any atom is -0.313 e. The maximum atomic E-state index is 6.14. The quantitative estimate of drug-likeness (QED) is 0.841. The second kappa shape index (κ2) is 7.10. The fourth-order valence-corrected chi connectivity index (χ4v) is 2.28. The second-order valence-electron chi connectivity index (χ2n) is 5.88. The van der Waals surface area contributed by atoms with Crippen molar-refractivity contribution in [1.29, 1.82) is 0 Å². The first-order chi connectivity index (χ1) is 8.45. The molecule has 1 N–H and O–H groups in total. The number of nitrogens with one attached hydrogen (secondary N) is 1. The van der Waals surface area contributed by atoms with E-state index in [-0.39, 0.29) is 5.41 Å². The molecule has 1 unspecified atom stereocenters. The second-order valence-corrected chi connectivity index (χ2v) is 6.29. The standard InChI is InChI=1S/C15H25ClN2/c1-5-9-18-14(15(2,3)4)7-6-12-8-10-17-11-13(12)16/h8,10-11,14,18H,5-7,9H2,1-4H3. The lowest BCUT2D eigenvalue weighted by atomic mass is 9.83. The van der Waals surface area contributed by atoms with Gasteiger partial charge in [0, 0.05) is 18.4 Å². The van der Waals surface area contributed by atoms with Crippen molar-refractivity contribution in [2.24, 2.45) is 5.41 Å². The van der Waals surface area contributed by atoms with Crippen LogP contribution in [-0.4, -0.2) is 17.6 Å². The largest absolute Gasteiger partial charge is 0.313 e. The van der Waals surface area contributed by atoms with Crippen LogP contribution in [0.2, 0.25) is 5.02 Å². The van der Waals surface area contributed by atoms with E-state index in [4.69, 9.17) is 11.6 Å². The average Bonchev–Trinajstić information content (AvgIpc) is 2.29. The molecule has 0 fully saturated rings. The summed E-state index contributed by atoms with van der Waals surface area (Å²) in [7, 11) is 0. The Hall–Kier alpha value is -0.600. The van der Waals surface area contributed by atoms with Gasteiger partial charge in [0.2, 0.25) is 0 Å². The molecule has 0 amide bonds. The van der Waals surface area contributed by atoms with Gasteiger partial charge in [-0.1, -0.05) is 39.3 Å². The number of halogens is 1. The van der Waals surface area contributed by atoms with Gasteiger partial charge in [-0.3, -0.25) is 4.98 Å². The predicted octanol–water partition coefficient (Wildman–Crippen LogP) is 4.08. The number of hydrogen-bond donors (Lipinski definition) is 1. The van der Waals surface area contributed by atoms with E-state index in [9.17, 15) is 0 Å². The lowest BCUT2D eigenvalue weighted by molar-refractivity contribution is 0.255. The van der Waals surface area contributed by atoms with E-state index >= 15 is 0 Å². The van der Waals surface area contributed by atoms with Crippen LogP contribution >= 0.6 is 11.6 Å². The van der Waals surface area contributed by atoms with Crippen molar-refractivity contribution in [2.75, 3.05) is 6.54 Å². The third-order valence-electron chi connectivity index (χ3n) is 3.24. The monoisotopic (exact) mass is 268 g/mol. The van der Waals surface area contributed by atoms with E-state index in [1.54, 1.807) is 6.20 Å². The first-order valence-electron chi connectivity index (χ1n) is 6.77. The zero-order chi connectivity index (χ0) is 13.6. The molecule has 0 radical (unpaired) electrons. The van der Waals surface area contributed by atoms with Crippen LogP contribution in [0, 0.1) is 5.41 Å². The number of nitrogens with zero attached hydrogens (tertiary/aromatic N) is 1. The highest BCUT2D eigenvalue weighted by Gasteiger charge is 2.23. The molecule has 102 valence electrons.